The summed E-state index contributed by atoms with van der Waals surface area (Å²) in [6, 6.07) is 8.92. The van der Waals surface area contributed by atoms with Crippen LogP contribution in [0.1, 0.15) is 43.1 Å². The summed E-state index contributed by atoms with van der Waals surface area (Å²) >= 11 is 0. The summed E-state index contributed by atoms with van der Waals surface area (Å²) in [6.45, 7) is 6.90. The normalized spacial score (nSPS) is 11.5. The van der Waals surface area contributed by atoms with Crippen LogP contribution in [0.4, 0.5) is 5.69 Å². The molecule has 0 amide bonds. The molecule has 0 heterocycles. The smallest absolute Gasteiger partial charge is 0.314 e. The average molecular weight is 450 g/mol. The van der Waals surface area contributed by atoms with E-state index >= 15 is 0 Å². The Morgan fingerprint density at radius 2 is 1.52 bits per heavy atom. The molecular formula is C22H27NO7S. The van der Waals surface area contributed by atoms with Gasteiger partial charge in [0.2, 0.25) is 0 Å². The fraction of sp³-hybridized carbons (Fsp3) is 0.364. The van der Waals surface area contributed by atoms with E-state index in [1.807, 2.05) is 6.92 Å². The van der Waals surface area contributed by atoms with Gasteiger partial charge in [-0.05, 0) is 45.9 Å². The number of methoxy groups -OCH3 is 2. The lowest BCUT2D eigenvalue weighted by Gasteiger charge is -2.20. The van der Waals surface area contributed by atoms with Gasteiger partial charge in [-0.25, -0.2) is 8.42 Å². The van der Waals surface area contributed by atoms with E-state index < -0.39 is 33.8 Å². The van der Waals surface area contributed by atoms with Crippen molar-refractivity contribution in [1.29, 1.82) is 0 Å². The van der Waals surface area contributed by atoms with Crippen LogP contribution in [0.25, 0.3) is 0 Å². The number of hydrogen-bond acceptors (Lipinski definition) is 7. The first-order valence-electron chi connectivity index (χ1n) is 9.47. The van der Waals surface area contributed by atoms with Gasteiger partial charge in [-0.15, -0.1) is 0 Å². The molecule has 2 aromatic carbocycles. The lowest BCUT2D eigenvalue weighted by atomic mass is 10.0. The zero-order valence-electron chi connectivity index (χ0n) is 18.4. The quantitative estimate of drug-likeness (QED) is 0.372. The van der Waals surface area contributed by atoms with Gasteiger partial charge < -0.3 is 14.2 Å². The monoisotopic (exact) mass is 449 g/mol. The van der Waals surface area contributed by atoms with Crippen LogP contribution in [-0.4, -0.2) is 40.0 Å². The minimum Gasteiger partial charge on any atom is -0.493 e. The van der Waals surface area contributed by atoms with Crippen LogP contribution in [0.2, 0.25) is 0 Å². The van der Waals surface area contributed by atoms with Crippen molar-refractivity contribution in [2.75, 3.05) is 18.9 Å². The number of sulfonamides is 1. The predicted octanol–water partition coefficient (Wildman–Crippen LogP) is 3.73. The Bertz CT molecular complexity index is 1070. The van der Waals surface area contributed by atoms with E-state index in [4.69, 9.17) is 14.2 Å². The number of rotatable bonds is 8. The van der Waals surface area contributed by atoms with Gasteiger partial charge in [0.05, 0.1) is 24.8 Å². The first-order valence-corrected chi connectivity index (χ1v) is 10.9. The van der Waals surface area contributed by atoms with Crippen LogP contribution in [0, 0.1) is 6.92 Å². The van der Waals surface area contributed by atoms with Gasteiger partial charge in [0.15, 0.2) is 17.3 Å². The predicted molar refractivity (Wildman–Crippen MR) is 116 cm³/mol. The van der Waals surface area contributed by atoms with Crippen LogP contribution in [0.3, 0.4) is 0 Å². The summed E-state index contributed by atoms with van der Waals surface area (Å²) in [5, 5.41) is 0. The van der Waals surface area contributed by atoms with Crippen LogP contribution >= 0.6 is 0 Å². The Morgan fingerprint density at radius 3 is 2.03 bits per heavy atom. The summed E-state index contributed by atoms with van der Waals surface area (Å²) < 4.78 is 43.8. The van der Waals surface area contributed by atoms with Crippen LogP contribution in [-0.2, 0) is 19.6 Å². The number of carbonyl (C=O) groups is 2. The highest BCUT2D eigenvalue weighted by Crippen LogP contribution is 2.35. The minimum atomic E-state index is -4.00. The maximum Gasteiger partial charge on any atom is 0.314 e. The van der Waals surface area contributed by atoms with Gasteiger partial charge in [-0.2, -0.15) is 0 Å². The lowest BCUT2D eigenvalue weighted by molar-refractivity contribution is -0.153. The van der Waals surface area contributed by atoms with Crippen LogP contribution in [0.15, 0.2) is 41.3 Å². The van der Waals surface area contributed by atoms with Crippen molar-refractivity contribution < 1.29 is 32.2 Å². The van der Waals surface area contributed by atoms with Gasteiger partial charge in [-0.1, -0.05) is 17.7 Å². The number of Topliss-reactive ketones (excluding diaryl/α,β-unsaturated/α-hetero) is 1. The molecule has 0 saturated heterocycles. The average Bonchev–Trinajstić information content (AvgIpc) is 2.65. The van der Waals surface area contributed by atoms with Gasteiger partial charge in [0.1, 0.15) is 12.0 Å². The number of hydrogen-bond donors (Lipinski definition) is 1. The molecule has 2 rings (SSSR count). The summed E-state index contributed by atoms with van der Waals surface area (Å²) in [5.41, 5.74) is 0.0643. The number of benzene rings is 2. The Hall–Kier alpha value is -3.07. The summed E-state index contributed by atoms with van der Waals surface area (Å²) in [6.07, 6.45) is -0.563. The first-order chi connectivity index (χ1) is 14.4. The van der Waals surface area contributed by atoms with Crippen LogP contribution in [0.5, 0.6) is 11.5 Å². The van der Waals surface area contributed by atoms with Crippen molar-refractivity contribution in [3.05, 3.63) is 47.5 Å². The highest BCUT2D eigenvalue weighted by Gasteiger charge is 2.25. The molecule has 31 heavy (non-hydrogen) atoms. The van der Waals surface area contributed by atoms with Crippen LogP contribution < -0.4 is 14.2 Å². The highest BCUT2D eigenvalue weighted by molar-refractivity contribution is 7.92. The maximum absolute atomic E-state index is 12.9. The molecule has 0 unspecified atom stereocenters. The zero-order chi connectivity index (χ0) is 23.4. The third-order valence-electron chi connectivity index (χ3n) is 4.12. The Kier molecular flexibility index (Phi) is 7.32. The van der Waals surface area contributed by atoms with Gasteiger partial charge >= 0.3 is 5.97 Å². The number of nitrogens with one attached hydrogen (secondary N) is 1. The van der Waals surface area contributed by atoms with Crippen molar-refractivity contribution in [1.82, 2.24) is 0 Å². The summed E-state index contributed by atoms with van der Waals surface area (Å²) in [7, 11) is -1.23. The fourth-order valence-corrected chi connectivity index (χ4v) is 3.79. The summed E-state index contributed by atoms with van der Waals surface area (Å²) in [5.74, 6) is -0.914. The molecule has 9 heteroatoms. The van der Waals surface area contributed by atoms with Gasteiger partial charge in [0, 0.05) is 11.6 Å². The molecule has 0 aliphatic rings. The molecule has 0 spiro atoms. The second kappa shape index (κ2) is 9.38. The first kappa shape index (κ1) is 24.2. The van der Waals surface area contributed by atoms with E-state index in [1.165, 1.54) is 38.5 Å². The van der Waals surface area contributed by atoms with E-state index in [0.717, 1.165) is 5.56 Å². The molecule has 168 valence electrons. The Balaban J connectivity index is 2.46. The topological polar surface area (TPSA) is 108 Å². The third kappa shape index (κ3) is 6.45. The standard InChI is InChI=1S/C22H27NO7S/c1-14-7-9-15(10-8-14)31(26,27)23-17-12-20(29-6)19(28-5)11-16(17)18(24)13-21(25)30-22(2,3)4/h7-12,23H,13H2,1-6H3. The maximum atomic E-state index is 12.9. The molecule has 2 aromatic rings. The second-order valence-corrected chi connectivity index (χ2v) is 9.54. The molecule has 0 aromatic heterocycles. The van der Waals surface area contributed by atoms with E-state index in [9.17, 15) is 18.0 Å². The summed E-state index contributed by atoms with van der Waals surface area (Å²) in [4.78, 5) is 25.0. The molecule has 0 fully saturated rings. The molecule has 0 radical (unpaired) electrons. The van der Waals surface area contributed by atoms with E-state index in [1.54, 1.807) is 32.9 Å². The molecule has 0 atom stereocenters. The number of anilines is 1. The fourth-order valence-electron chi connectivity index (χ4n) is 2.72. The van der Waals surface area contributed by atoms with Crippen molar-refractivity contribution in [2.45, 2.75) is 44.6 Å². The van der Waals surface area contributed by atoms with Crippen molar-refractivity contribution in [2.24, 2.45) is 0 Å². The number of esters is 1. The molecule has 0 aliphatic heterocycles. The van der Waals surface area contributed by atoms with Gasteiger partial charge in [0.25, 0.3) is 10.0 Å². The van der Waals surface area contributed by atoms with Crippen molar-refractivity contribution >= 4 is 27.5 Å². The van der Waals surface area contributed by atoms with E-state index in [0.29, 0.717) is 0 Å². The minimum absolute atomic E-state index is 0.0263. The lowest BCUT2D eigenvalue weighted by Crippen LogP contribution is -2.25. The van der Waals surface area contributed by atoms with E-state index in [-0.39, 0.29) is 27.6 Å². The number of ether oxygens (including phenoxy) is 3. The highest BCUT2D eigenvalue weighted by atomic mass is 32.2. The van der Waals surface area contributed by atoms with E-state index in [2.05, 4.69) is 4.72 Å². The van der Waals surface area contributed by atoms with Gasteiger partial charge in [-0.3, -0.25) is 14.3 Å². The third-order valence-corrected chi connectivity index (χ3v) is 5.51. The largest absolute Gasteiger partial charge is 0.493 e. The molecule has 0 saturated carbocycles. The zero-order valence-corrected chi connectivity index (χ0v) is 19.3. The molecule has 0 aliphatic carbocycles. The number of carbonyl (C=O) groups excluding carboxylic acids is 2. The molecule has 0 bridgehead atoms. The Labute approximate surface area is 182 Å². The van der Waals surface area contributed by atoms with Crippen molar-refractivity contribution in [3.8, 4) is 11.5 Å². The second-order valence-electron chi connectivity index (χ2n) is 7.86. The molecule has 1 N–H and O–H groups in total. The molecule has 8 nitrogen and oxygen atoms in total. The number of aryl methyl sites for hydroxylation is 1. The Morgan fingerprint density at radius 1 is 0.968 bits per heavy atom. The van der Waals surface area contributed by atoms with Crippen molar-refractivity contribution in [3.63, 3.8) is 0 Å². The molecular weight excluding hydrogens is 422 g/mol. The SMILES string of the molecule is COc1cc(NS(=O)(=O)c2ccc(C)cc2)c(C(=O)CC(=O)OC(C)(C)C)cc1OC. The number of ketones is 1.